The van der Waals surface area contributed by atoms with Gasteiger partial charge in [0.1, 0.15) is 5.75 Å². The fourth-order valence-corrected chi connectivity index (χ4v) is 5.77. The molecule has 1 fully saturated rings. The number of rotatable bonds is 6. The van der Waals surface area contributed by atoms with Gasteiger partial charge in [0.05, 0.1) is 12.6 Å². The number of ether oxygens (including phenoxy) is 1. The maximum Gasteiger partial charge on any atom is 0.227 e. The molecule has 2 aromatic heterocycles. The number of benzene rings is 3. The molecule has 1 aliphatic rings. The van der Waals surface area contributed by atoms with Gasteiger partial charge in [-0.15, -0.1) is 11.3 Å². The van der Waals surface area contributed by atoms with E-state index >= 15 is 0 Å². The predicted octanol–water partition coefficient (Wildman–Crippen LogP) is 5.67. The molecule has 5 aromatic rings. The molecule has 6 rings (SSSR count). The molecule has 1 saturated heterocycles. The van der Waals surface area contributed by atoms with Crippen LogP contribution in [0.4, 0.5) is 11.6 Å². The molecule has 0 aliphatic carbocycles. The third-order valence-corrected chi connectivity index (χ3v) is 7.51. The number of hydrogen-bond donors (Lipinski definition) is 2. The summed E-state index contributed by atoms with van der Waals surface area (Å²) in [6.07, 6.45) is 1.90. The van der Waals surface area contributed by atoms with Crippen molar-refractivity contribution < 1.29 is 4.74 Å². The molecular weight excluding hydrogens is 454 g/mol. The monoisotopic (exact) mass is 481 g/mol. The van der Waals surface area contributed by atoms with Crippen LogP contribution >= 0.6 is 11.3 Å². The van der Waals surface area contributed by atoms with E-state index in [4.69, 9.17) is 9.72 Å². The van der Waals surface area contributed by atoms with Crippen molar-refractivity contribution in [2.45, 2.75) is 6.54 Å². The van der Waals surface area contributed by atoms with Crippen molar-refractivity contribution in [1.82, 2.24) is 20.2 Å². The van der Waals surface area contributed by atoms with Gasteiger partial charge in [0.25, 0.3) is 0 Å². The molecule has 35 heavy (non-hydrogen) atoms. The largest absolute Gasteiger partial charge is 0.496 e. The minimum Gasteiger partial charge on any atom is -0.496 e. The quantitative estimate of drug-likeness (QED) is 0.326. The lowest BCUT2D eigenvalue weighted by Gasteiger charge is -2.26. The van der Waals surface area contributed by atoms with Crippen LogP contribution in [0.3, 0.4) is 0 Å². The Morgan fingerprint density at radius 2 is 1.91 bits per heavy atom. The number of fused-ring (bicyclic) bond motifs is 3. The number of anilines is 2. The predicted molar refractivity (Wildman–Crippen MR) is 145 cm³/mol. The molecule has 0 atom stereocenters. The first kappa shape index (κ1) is 22.0. The van der Waals surface area contributed by atoms with Crippen LogP contribution in [0, 0.1) is 0 Å². The topological polar surface area (TPSA) is 62.3 Å². The van der Waals surface area contributed by atoms with E-state index in [1.807, 2.05) is 47.9 Å². The third-order valence-electron chi connectivity index (χ3n) is 6.42. The van der Waals surface area contributed by atoms with E-state index in [0.717, 1.165) is 66.2 Å². The van der Waals surface area contributed by atoms with Gasteiger partial charge in [0.2, 0.25) is 5.95 Å². The molecule has 0 radical (unpaired) electrons. The first-order chi connectivity index (χ1) is 17.3. The second-order valence-corrected chi connectivity index (χ2v) is 9.92. The first-order valence-corrected chi connectivity index (χ1v) is 12.7. The lowest BCUT2D eigenvalue weighted by atomic mass is 10.0. The van der Waals surface area contributed by atoms with Crippen molar-refractivity contribution in [2.75, 3.05) is 38.6 Å². The molecule has 0 unspecified atom stereocenters. The van der Waals surface area contributed by atoms with Crippen molar-refractivity contribution in [1.29, 1.82) is 0 Å². The number of nitrogens with zero attached hydrogens (tertiary/aromatic N) is 3. The van der Waals surface area contributed by atoms with Gasteiger partial charge >= 0.3 is 0 Å². The number of thiophene rings is 1. The summed E-state index contributed by atoms with van der Waals surface area (Å²) in [7, 11) is 1.70. The van der Waals surface area contributed by atoms with E-state index in [0.29, 0.717) is 5.95 Å². The molecule has 6 nitrogen and oxygen atoms in total. The van der Waals surface area contributed by atoms with E-state index in [1.165, 1.54) is 15.0 Å². The molecule has 0 amide bonds. The van der Waals surface area contributed by atoms with Crippen molar-refractivity contribution in [3.8, 4) is 16.9 Å². The summed E-state index contributed by atoms with van der Waals surface area (Å²) < 4.78 is 6.82. The van der Waals surface area contributed by atoms with Crippen LogP contribution in [0.5, 0.6) is 5.75 Å². The zero-order valence-corrected chi connectivity index (χ0v) is 20.4. The average Bonchev–Trinajstić information content (AvgIpc) is 3.32. The van der Waals surface area contributed by atoms with Crippen LogP contribution in [-0.2, 0) is 6.54 Å². The van der Waals surface area contributed by atoms with E-state index in [1.54, 1.807) is 7.11 Å². The lowest BCUT2D eigenvalue weighted by molar-refractivity contribution is 0.235. The average molecular weight is 482 g/mol. The van der Waals surface area contributed by atoms with Crippen LogP contribution in [0.1, 0.15) is 4.88 Å². The summed E-state index contributed by atoms with van der Waals surface area (Å²) in [5.74, 6) is 1.44. The molecule has 0 saturated carbocycles. The van der Waals surface area contributed by atoms with Gasteiger partial charge in [-0.1, -0.05) is 30.3 Å². The van der Waals surface area contributed by atoms with Gasteiger partial charge in [-0.05, 0) is 42.0 Å². The Balaban J connectivity index is 1.30. The maximum absolute atomic E-state index is 5.55. The smallest absolute Gasteiger partial charge is 0.227 e. The first-order valence-electron chi connectivity index (χ1n) is 11.9. The third kappa shape index (κ3) is 4.58. The standard InChI is InChI=1S/C28H27N5OS/c1-34-25-8-3-2-7-23(25)19-5-4-6-21(15-19)31-28-30-17-20-9-10-26-24(27(20)32-28)16-22(35-26)18-33-13-11-29-12-14-33/h2-10,15-17,29H,11-14,18H2,1H3,(H,30,31,32). The number of piperazine rings is 1. The molecule has 1 aliphatic heterocycles. The van der Waals surface area contributed by atoms with Gasteiger partial charge < -0.3 is 15.4 Å². The number of aromatic nitrogens is 2. The van der Waals surface area contributed by atoms with Crippen LogP contribution in [0.2, 0.25) is 0 Å². The number of nitrogens with one attached hydrogen (secondary N) is 2. The Morgan fingerprint density at radius 3 is 2.80 bits per heavy atom. The van der Waals surface area contributed by atoms with Gasteiger partial charge in [0.15, 0.2) is 0 Å². The Kier molecular flexibility index (Phi) is 6.04. The summed E-state index contributed by atoms with van der Waals surface area (Å²) in [5.41, 5.74) is 4.05. The lowest BCUT2D eigenvalue weighted by Crippen LogP contribution is -2.42. The van der Waals surface area contributed by atoms with Crippen molar-refractivity contribution in [3.05, 3.63) is 77.8 Å². The highest BCUT2D eigenvalue weighted by molar-refractivity contribution is 7.19. The van der Waals surface area contributed by atoms with Crippen LogP contribution in [-0.4, -0.2) is 48.2 Å². The Bertz CT molecular complexity index is 1490. The summed E-state index contributed by atoms with van der Waals surface area (Å²) in [6, 6.07) is 22.9. The van der Waals surface area contributed by atoms with E-state index < -0.39 is 0 Å². The van der Waals surface area contributed by atoms with Crippen molar-refractivity contribution in [3.63, 3.8) is 0 Å². The van der Waals surface area contributed by atoms with Crippen LogP contribution in [0.15, 0.2) is 72.9 Å². The van der Waals surface area contributed by atoms with Crippen LogP contribution in [0.25, 0.3) is 32.1 Å². The van der Waals surface area contributed by atoms with E-state index in [-0.39, 0.29) is 0 Å². The van der Waals surface area contributed by atoms with Crippen molar-refractivity contribution in [2.24, 2.45) is 0 Å². The summed E-state index contributed by atoms with van der Waals surface area (Å²) >= 11 is 1.86. The molecule has 0 spiro atoms. The zero-order chi connectivity index (χ0) is 23.6. The highest BCUT2D eigenvalue weighted by Crippen LogP contribution is 2.34. The maximum atomic E-state index is 5.55. The summed E-state index contributed by atoms with van der Waals surface area (Å²) in [4.78, 5) is 13.4. The second-order valence-electron chi connectivity index (χ2n) is 8.75. The van der Waals surface area contributed by atoms with Gasteiger partial charge in [-0.2, -0.15) is 0 Å². The van der Waals surface area contributed by atoms with E-state index in [2.05, 4.69) is 56.9 Å². The number of hydrogen-bond acceptors (Lipinski definition) is 7. The molecule has 3 heterocycles. The highest BCUT2D eigenvalue weighted by Gasteiger charge is 2.14. The second kappa shape index (κ2) is 9.62. The Hall–Kier alpha value is -3.52. The molecule has 2 N–H and O–H groups in total. The number of para-hydroxylation sites is 1. The zero-order valence-electron chi connectivity index (χ0n) is 19.6. The van der Waals surface area contributed by atoms with Crippen LogP contribution < -0.4 is 15.4 Å². The fraction of sp³-hybridized carbons (Fsp3) is 0.214. The molecule has 176 valence electrons. The summed E-state index contributed by atoms with van der Waals surface area (Å²) in [5, 5.41) is 9.09. The SMILES string of the molecule is COc1ccccc1-c1cccc(Nc2ncc3ccc4sc(CN5CCNCC5)cc4c3n2)c1. The van der Waals surface area contributed by atoms with Gasteiger partial charge in [-0.25, -0.2) is 9.97 Å². The van der Waals surface area contributed by atoms with Gasteiger partial charge in [-0.3, -0.25) is 4.90 Å². The highest BCUT2D eigenvalue weighted by atomic mass is 32.1. The van der Waals surface area contributed by atoms with Gasteiger partial charge in [0, 0.05) is 70.5 Å². The minimum atomic E-state index is 0.594. The van der Waals surface area contributed by atoms with E-state index in [9.17, 15) is 0 Å². The van der Waals surface area contributed by atoms with Crippen molar-refractivity contribution >= 4 is 44.0 Å². The molecular formula is C28H27N5OS. The fourth-order valence-electron chi connectivity index (χ4n) is 4.67. The number of methoxy groups -OCH3 is 1. The Morgan fingerprint density at radius 1 is 1.03 bits per heavy atom. The Labute approximate surface area is 208 Å². The summed E-state index contributed by atoms with van der Waals surface area (Å²) in [6.45, 7) is 5.31. The normalized spacial score (nSPS) is 14.4. The molecule has 0 bridgehead atoms. The molecule has 3 aromatic carbocycles. The minimum absolute atomic E-state index is 0.594. The molecule has 7 heteroatoms.